The van der Waals surface area contributed by atoms with Crippen molar-refractivity contribution in [1.29, 1.82) is 0 Å². The Kier molecular flexibility index (Phi) is 12.2. The molecule has 1 atom stereocenters. The third-order valence-corrected chi connectivity index (χ3v) is 5.55. The van der Waals surface area contributed by atoms with Gasteiger partial charge in [0.2, 0.25) is 0 Å². The highest BCUT2D eigenvalue weighted by molar-refractivity contribution is 5.33. The maximum atomic E-state index is 13.2. The lowest BCUT2D eigenvalue weighted by Crippen LogP contribution is -2.44. The van der Waals surface area contributed by atoms with Crippen LogP contribution in [0.4, 0.5) is 26.3 Å². The molecule has 0 fully saturated rings. The van der Waals surface area contributed by atoms with Gasteiger partial charge in [0.15, 0.2) is 0 Å². The molecule has 0 saturated carbocycles. The van der Waals surface area contributed by atoms with Gasteiger partial charge in [-0.15, -0.1) is 0 Å². The van der Waals surface area contributed by atoms with Gasteiger partial charge in [-0.2, -0.15) is 26.3 Å². The molecule has 1 rings (SSSR count). The molecule has 0 aliphatic heterocycles. The summed E-state index contributed by atoms with van der Waals surface area (Å²) in [6, 6.07) is 1.59. The number of unbranched alkanes of at least 4 members (excludes halogenated alkanes) is 5. The molecule has 33 heavy (non-hydrogen) atoms. The number of aryl methyl sites for hydroxylation is 1. The first-order chi connectivity index (χ1) is 15.4. The zero-order valence-corrected chi connectivity index (χ0v) is 19.6. The SMILES string of the molecule is CCCCCCCCC(CCc1cc(C(F)(F)F)cc(C(F)(F)F)c1)C(O)(OCC)OCC. The van der Waals surface area contributed by atoms with E-state index >= 15 is 0 Å². The van der Waals surface area contributed by atoms with Gasteiger partial charge in [-0.25, -0.2) is 0 Å². The monoisotopic (exact) mass is 486 g/mol. The lowest BCUT2D eigenvalue weighted by molar-refractivity contribution is -0.385. The van der Waals surface area contributed by atoms with E-state index in [-0.39, 0.29) is 37.7 Å². The highest BCUT2D eigenvalue weighted by atomic mass is 19.4. The Hall–Kier alpha value is -1.32. The van der Waals surface area contributed by atoms with Gasteiger partial charge in [0.1, 0.15) is 0 Å². The molecule has 1 aromatic carbocycles. The lowest BCUT2D eigenvalue weighted by Gasteiger charge is -2.35. The molecule has 9 heteroatoms. The van der Waals surface area contributed by atoms with E-state index < -0.39 is 35.4 Å². The van der Waals surface area contributed by atoms with E-state index in [1.54, 1.807) is 13.8 Å². The highest BCUT2D eigenvalue weighted by Crippen LogP contribution is 2.37. The summed E-state index contributed by atoms with van der Waals surface area (Å²) in [5.41, 5.74) is -2.78. The average Bonchev–Trinajstić information content (AvgIpc) is 2.71. The predicted molar refractivity (Wildman–Crippen MR) is 114 cm³/mol. The van der Waals surface area contributed by atoms with Crippen LogP contribution >= 0.6 is 0 Å². The molecule has 3 nitrogen and oxygen atoms in total. The predicted octanol–water partition coefficient (Wildman–Crippen LogP) is 7.74. The van der Waals surface area contributed by atoms with Crippen LogP contribution in [0, 0.1) is 5.92 Å². The molecule has 0 bridgehead atoms. The van der Waals surface area contributed by atoms with Crippen molar-refractivity contribution in [1.82, 2.24) is 0 Å². The molecule has 0 aliphatic rings. The summed E-state index contributed by atoms with van der Waals surface area (Å²) >= 11 is 0. The van der Waals surface area contributed by atoms with Crippen LogP contribution in [0.1, 0.15) is 88.8 Å². The number of benzene rings is 1. The van der Waals surface area contributed by atoms with Gasteiger partial charge in [-0.1, -0.05) is 45.4 Å². The van der Waals surface area contributed by atoms with Crippen molar-refractivity contribution in [3.05, 3.63) is 34.9 Å². The largest absolute Gasteiger partial charge is 0.416 e. The van der Waals surface area contributed by atoms with E-state index in [4.69, 9.17) is 9.47 Å². The van der Waals surface area contributed by atoms with Gasteiger partial charge >= 0.3 is 12.4 Å². The van der Waals surface area contributed by atoms with E-state index in [1.807, 2.05) is 0 Å². The summed E-state index contributed by atoms with van der Waals surface area (Å²) in [5.74, 6) is -2.55. The fourth-order valence-corrected chi connectivity index (χ4v) is 3.88. The molecule has 0 radical (unpaired) electrons. The van der Waals surface area contributed by atoms with Gasteiger partial charge in [0.25, 0.3) is 5.97 Å². The number of halogens is 6. The van der Waals surface area contributed by atoms with Crippen LogP contribution in [0.3, 0.4) is 0 Å². The molecule has 1 unspecified atom stereocenters. The van der Waals surface area contributed by atoms with E-state index in [2.05, 4.69) is 6.92 Å². The molecule has 0 saturated heterocycles. The Bertz CT molecular complexity index is 650. The Labute approximate surface area is 192 Å². The van der Waals surface area contributed by atoms with Crippen LogP contribution in [-0.2, 0) is 28.2 Å². The molecule has 1 aromatic rings. The number of alkyl halides is 6. The first kappa shape index (κ1) is 29.7. The topological polar surface area (TPSA) is 38.7 Å². The second-order valence-electron chi connectivity index (χ2n) is 8.20. The number of hydrogen-bond donors (Lipinski definition) is 1. The van der Waals surface area contributed by atoms with Gasteiger partial charge < -0.3 is 14.6 Å². The molecule has 0 heterocycles. The smallest absolute Gasteiger partial charge is 0.343 e. The maximum absolute atomic E-state index is 13.2. The highest BCUT2D eigenvalue weighted by Gasteiger charge is 2.39. The van der Waals surface area contributed by atoms with Crippen molar-refractivity contribution >= 4 is 0 Å². The summed E-state index contributed by atoms with van der Waals surface area (Å²) in [5, 5.41) is 11.0. The summed E-state index contributed by atoms with van der Waals surface area (Å²) in [7, 11) is 0. The normalized spacial score (nSPS) is 14.0. The van der Waals surface area contributed by atoms with E-state index in [0.717, 1.165) is 50.7 Å². The zero-order valence-electron chi connectivity index (χ0n) is 19.6. The van der Waals surface area contributed by atoms with Crippen LogP contribution in [0.25, 0.3) is 0 Å². The maximum Gasteiger partial charge on any atom is 0.416 e. The van der Waals surface area contributed by atoms with Crippen molar-refractivity contribution in [2.45, 2.75) is 96.9 Å². The summed E-state index contributed by atoms with van der Waals surface area (Å²) in [4.78, 5) is 0. The molecule has 192 valence electrons. The van der Waals surface area contributed by atoms with Gasteiger partial charge in [-0.3, -0.25) is 0 Å². The van der Waals surface area contributed by atoms with Crippen LogP contribution in [0.15, 0.2) is 18.2 Å². The minimum Gasteiger partial charge on any atom is -0.343 e. The van der Waals surface area contributed by atoms with Crippen molar-refractivity contribution in [2.75, 3.05) is 13.2 Å². The first-order valence-electron chi connectivity index (χ1n) is 11.7. The molecular weight excluding hydrogens is 450 g/mol. The van der Waals surface area contributed by atoms with E-state index in [9.17, 15) is 31.4 Å². The molecule has 0 amide bonds. The molecule has 0 aromatic heterocycles. The number of rotatable bonds is 15. The summed E-state index contributed by atoms with van der Waals surface area (Å²) in [6.45, 7) is 5.75. The second-order valence-corrected chi connectivity index (χ2v) is 8.20. The van der Waals surface area contributed by atoms with Crippen LogP contribution in [0.5, 0.6) is 0 Å². The van der Waals surface area contributed by atoms with Gasteiger partial charge in [0, 0.05) is 19.1 Å². The first-order valence-corrected chi connectivity index (χ1v) is 11.7. The van der Waals surface area contributed by atoms with E-state index in [1.165, 1.54) is 0 Å². The summed E-state index contributed by atoms with van der Waals surface area (Å²) in [6.07, 6.45) is -3.29. The van der Waals surface area contributed by atoms with Crippen molar-refractivity contribution in [2.24, 2.45) is 5.92 Å². The molecule has 1 N–H and O–H groups in total. The van der Waals surface area contributed by atoms with Crippen molar-refractivity contribution in [3.8, 4) is 0 Å². The van der Waals surface area contributed by atoms with Crippen molar-refractivity contribution < 1.29 is 40.9 Å². The van der Waals surface area contributed by atoms with E-state index in [0.29, 0.717) is 6.42 Å². The minimum atomic E-state index is -4.90. The van der Waals surface area contributed by atoms with Gasteiger partial charge in [-0.05, 0) is 56.9 Å². The lowest BCUT2D eigenvalue weighted by atomic mass is 9.90. The van der Waals surface area contributed by atoms with Gasteiger partial charge in [0.05, 0.1) is 11.1 Å². The average molecular weight is 487 g/mol. The number of aliphatic hydroxyl groups is 1. The summed E-state index contributed by atoms with van der Waals surface area (Å²) < 4.78 is 89.9. The molecule has 0 spiro atoms. The Balaban J connectivity index is 3.06. The number of hydrogen-bond acceptors (Lipinski definition) is 3. The number of ether oxygens (including phenoxy) is 2. The standard InChI is InChI=1S/C24H36F6O3/c1-4-7-8-9-10-11-12-19(24(31,32-5-2)33-6-3)14-13-18-15-20(22(25,26)27)17-21(16-18)23(28,29)30/h15-17,19,31H,4-14H2,1-3H3. The Morgan fingerprint density at radius 2 is 1.21 bits per heavy atom. The van der Waals surface area contributed by atoms with Crippen LogP contribution in [-0.4, -0.2) is 24.3 Å². The Morgan fingerprint density at radius 1 is 0.727 bits per heavy atom. The third kappa shape index (κ3) is 10.2. The van der Waals surface area contributed by atoms with Crippen LogP contribution < -0.4 is 0 Å². The van der Waals surface area contributed by atoms with Crippen molar-refractivity contribution in [3.63, 3.8) is 0 Å². The quantitative estimate of drug-likeness (QED) is 0.157. The Morgan fingerprint density at radius 3 is 1.67 bits per heavy atom. The third-order valence-electron chi connectivity index (χ3n) is 5.55. The molecule has 0 aliphatic carbocycles. The zero-order chi connectivity index (χ0) is 25.1. The second kappa shape index (κ2) is 13.5. The van der Waals surface area contributed by atoms with Crippen LogP contribution in [0.2, 0.25) is 0 Å². The molecular formula is C24H36F6O3. The fraction of sp³-hybridized carbons (Fsp3) is 0.750. The fourth-order valence-electron chi connectivity index (χ4n) is 3.88. The minimum absolute atomic E-state index is 0.0873.